The molecule has 0 radical (unpaired) electrons. The molecular formula is C13H22N2O2. The number of carbonyl (C=O) groups is 1. The molecule has 0 fully saturated rings. The fourth-order valence-electron chi connectivity index (χ4n) is 0.956. The second-order valence-corrected chi connectivity index (χ2v) is 4.55. The van der Waals surface area contributed by atoms with Gasteiger partial charge in [0.1, 0.15) is 5.60 Å². The predicted octanol–water partition coefficient (Wildman–Crippen LogP) is 1.56. The first kappa shape index (κ1) is 15.6. The van der Waals surface area contributed by atoms with E-state index in [1.807, 2.05) is 45.0 Å². The van der Waals surface area contributed by atoms with Gasteiger partial charge in [-0.25, -0.2) is 0 Å². The van der Waals surface area contributed by atoms with Crippen molar-refractivity contribution in [2.24, 2.45) is 11.5 Å². The molecule has 0 saturated heterocycles. The Morgan fingerprint density at radius 3 is 1.53 bits per heavy atom. The minimum atomic E-state index is -0.318. The van der Waals surface area contributed by atoms with Crippen molar-refractivity contribution in [1.82, 2.24) is 0 Å². The molecule has 4 N–H and O–H groups in total. The Morgan fingerprint density at radius 1 is 1.06 bits per heavy atom. The van der Waals surface area contributed by atoms with Crippen molar-refractivity contribution in [1.29, 1.82) is 0 Å². The fourth-order valence-corrected chi connectivity index (χ4v) is 0.956. The standard InChI is InChI=1S/C8H12N2.C5H10O2/c9-5-7-1-2-8(6-10)4-3-7;1-5(2,3)7-4-6/h1-4H,5-6,9-10H2;4H,1-3H3. The van der Waals surface area contributed by atoms with E-state index in [1.54, 1.807) is 0 Å². The number of ether oxygens (including phenoxy) is 1. The summed E-state index contributed by atoms with van der Waals surface area (Å²) in [5, 5.41) is 0. The Morgan fingerprint density at radius 2 is 1.41 bits per heavy atom. The highest BCUT2D eigenvalue weighted by atomic mass is 16.5. The van der Waals surface area contributed by atoms with Crippen LogP contribution < -0.4 is 11.5 Å². The molecule has 96 valence electrons. The lowest BCUT2D eigenvalue weighted by atomic mass is 10.1. The zero-order valence-electron chi connectivity index (χ0n) is 10.8. The summed E-state index contributed by atoms with van der Waals surface area (Å²) < 4.78 is 4.55. The van der Waals surface area contributed by atoms with Crippen LogP contribution in [-0.2, 0) is 22.6 Å². The highest BCUT2D eigenvalue weighted by molar-refractivity contribution is 5.37. The molecule has 0 aliphatic rings. The SMILES string of the molecule is CC(C)(C)OC=O.NCc1ccc(CN)cc1. The van der Waals surface area contributed by atoms with Gasteiger partial charge in [0.15, 0.2) is 0 Å². The Bertz CT molecular complexity index is 292. The number of carbonyl (C=O) groups excluding carboxylic acids is 1. The van der Waals surface area contributed by atoms with Crippen molar-refractivity contribution in [3.8, 4) is 0 Å². The van der Waals surface area contributed by atoms with Gasteiger partial charge in [0.05, 0.1) is 0 Å². The smallest absolute Gasteiger partial charge is 0.293 e. The summed E-state index contributed by atoms with van der Waals surface area (Å²) in [5.41, 5.74) is 12.8. The maximum atomic E-state index is 9.60. The van der Waals surface area contributed by atoms with E-state index >= 15 is 0 Å². The molecule has 1 rings (SSSR count). The summed E-state index contributed by atoms with van der Waals surface area (Å²) in [6, 6.07) is 8.01. The Hall–Kier alpha value is -1.39. The molecule has 0 heterocycles. The maximum Gasteiger partial charge on any atom is 0.293 e. The number of hydrogen-bond acceptors (Lipinski definition) is 4. The predicted molar refractivity (Wildman–Crippen MR) is 69.1 cm³/mol. The topological polar surface area (TPSA) is 78.3 Å². The number of nitrogens with two attached hydrogens (primary N) is 2. The molecule has 0 unspecified atom stereocenters. The van der Waals surface area contributed by atoms with Crippen LogP contribution in [0.5, 0.6) is 0 Å². The molecule has 0 aliphatic carbocycles. The van der Waals surface area contributed by atoms with Gasteiger partial charge < -0.3 is 16.2 Å². The molecule has 0 aromatic heterocycles. The third kappa shape index (κ3) is 8.42. The molecule has 0 bridgehead atoms. The molecule has 4 nitrogen and oxygen atoms in total. The summed E-state index contributed by atoms with van der Waals surface area (Å²) >= 11 is 0. The summed E-state index contributed by atoms with van der Waals surface area (Å²) in [4.78, 5) is 9.60. The molecule has 0 saturated carbocycles. The largest absolute Gasteiger partial charge is 0.462 e. The van der Waals surface area contributed by atoms with Gasteiger partial charge in [0, 0.05) is 13.1 Å². The summed E-state index contributed by atoms with van der Waals surface area (Å²) in [5.74, 6) is 0. The number of benzene rings is 1. The summed E-state index contributed by atoms with van der Waals surface area (Å²) in [7, 11) is 0. The van der Waals surface area contributed by atoms with Gasteiger partial charge in [0.25, 0.3) is 6.47 Å². The van der Waals surface area contributed by atoms with Crippen molar-refractivity contribution in [3.63, 3.8) is 0 Å². The van der Waals surface area contributed by atoms with Crippen LogP contribution >= 0.6 is 0 Å². The van der Waals surface area contributed by atoms with Crippen LogP contribution in [0.25, 0.3) is 0 Å². The highest BCUT2D eigenvalue weighted by Crippen LogP contribution is 2.03. The minimum Gasteiger partial charge on any atom is -0.462 e. The molecule has 1 aromatic carbocycles. The monoisotopic (exact) mass is 238 g/mol. The van der Waals surface area contributed by atoms with Gasteiger partial charge in [-0.2, -0.15) is 0 Å². The third-order valence-electron chi connectivity index (χ3n) is 1.90. The first-order chi connectivity index (χ1) is 7.92. The second-order valence-electron chi connectivity index (χ2n) is 4.55. The zero-order chi connectivity index (χ0) is 13.3. The molecule has 0 aliphatic heterocycles. The fraction of sp³-hybridized carbons (Fsp3) is 0.462. The van der Waals surface area contributed by atoms with Crippen LogP contribution in [0.15, 0.2) is 24.3 Å². The van der Waals surface area contributed by atoms with Gasteiger partial charge in [0.2, 0.25) is 0 Å². The third-order valence-corrected chi connectivity index (χ3v) is 1.90. The molecule has 0 atom stereocenters. The van der Waals surface area contributed by atoms with Crippen molar-refractivity contribution < 1.29 is 9.53 Å². The van der Waals surface area contributed by atoms with E-state index < -0.39 is 0 Å². The van der Waals surface area contributed by atoms with E-state index in [0.717, 1.165) is 11.1 Å². The Labute approximate surface area is 103 Å². The average molecular weight is 238 g/mol. The van der Waals surface area contributed by atoms with Crippen molar-refractivity contribution in [2.45, 2.75) is 39.5 Å². The maximum absolute atomic E-state index is 9.60. The van der Waals surface area contributed by atoms with Crippen molar-refractivity contribution in [3.05, 3.63) is 35.4 Å². The molecule has 4 heteroatoms. The minimum absolute atomic E-state index is 0.318. The Kier molecular flexibility index (Phi) is 7.18. The number of rotatable bonds is 3. The van der Waals surface area contributed by atoms with Gasteiger partial charge >= 0.3 is 0 Å². The first-order valence-electron chi connectivity index (χ1n) is 5.52. The number of hydrogen-bond donors (Lipinski definition) is 2. The normalized spacial score (nSPS) is 10.2. The lowest BCUT2D eigenvalue weighted by molar-refractivity contribution is -0.138. The van der Waals surface area contributed by atoms with E-state index in [4.69, 9.17) is 11.5 Å². The van der Waals surface area contributed by atoms with Crippen LogP contribution in [0, 0.1) is 0 Å². The van der Waals surface area contributed by atoms with E-state index in [2.05, 4.69) is 4.74 Å². The average Bonchev–Trinajstić information content (AvgIpc) is 2.28. The van der Waals surface area contributed by atoms with Crippen LogP contribution in [0.1, 0.15) is 31.9 Å². The van der Waals surface area contributed by atoms with Crippen LogP contribution in [0.3, 0.4) is 0 Å². The van der Waals surface area contributed by atoms with E-state index in [9.17, 15) is 4.79 Å². The summed E-state index contributed by atoms with van der Waals surface area (Å²) in [6.07, 6.45) is 0. The lowest BCUT2D eigenvalue weighted by Gasteiger charge is -2.14. The molecule has 17 heavy (non-hydrogen) atoms. The van der Waals surface area contributed by atoms with Crippen molar-refractivity contribution >= 4 is 6.47 Å². The van der Waals surface area contributed by atoms with Crippen molar-refractivity contribution in [2.75, 3.05) is 0 Å². The lowest BCUT2D eigenvalue weighted by Crippen LogP contribution is -2.17. The molecule has 0 amide bonds. The summed E-state index contributed by atoms with van der Waals surface area (Å²) in [6.45, 7) is 7.12. The first-order valence-corrected chi connectivity index (χ1v) is 5.52. The van der Waals surface area contributed by atoms with Crippen LogP contribution in [-0.4, -0.2) is 12.1 Å². The second kappa shape index (κ2) is 7.81. The van der Waals surface area contributed by atoms with Gasteiger partial charge in [-0.3, -0.25) is 4.79 Å². The zero-order valence-corrected chi connectivity index (χ0v) is 10.8. The van der Waals surface area contributed by atoms with Gasteiger partial charge in [-0.05, 0) is 31.9 Å². The van der Waals surface area contributed by atoms with Gasteiger partial charge in [-0.15, -0.1) is 0 Å². The van der Waals surface area contributed by atoms with E-state index in [1.165, 1.54) is 0 Å². The van der Waals surface area contributed by atoms with E-state index in [-0.39, 0.29) is 5.60 Å². The molecule has 0 spiro atoms. The molecular weight excluding hydrogens is 216 g/mol. The van der Waals surface area contributed by atoms with E-state index in [0.29, 0.717) is 19.6 Å². The Balaban J connectivity index is 0.000000325. The van der Waals surface area contributed by atoms with Crippen LogP contribution in [0.4, 0.5) is 0 Å². The quantitative estimate of drug-likeness (QED) is 0.783. The highest BCUT2D eigenvalue weighted by Gasteiger charge is 2.07. The van der Waals surface area contributed by atoms with Gasteiger partial charge in [-0.1, -0.05) is 24.3 Å². The molecule has 1 aromatic rings. The van der Waals surface area contributed by atoms with Crippen LogP contribution in [0.2, 0.25) is 0 Å².